The number of unbranched alkanes of at least 4 members (excludes halogenated alkanes) is 12. The van der Waals surface area contributed by atoms with Crippen molar-refractivity contribution in [3.8, 4) is 0 Å². The van der Waals surface area contributed by atoms with Gasteiger partial charge in [-0.25, -0.2) is 4.79 Å². The third-order valence-electron chi connectivity index (χ3n) is 13.3. The van der Waals surface area contributed by atoms with Crippen LogP contribution in [0.5, 0.6) is 0 Å². The maximum atomic E-state index is 14.8. The lowest BCUT2D eigenvalue weighted by atomic mass is 9.76. The number of Topliss-reactive ketones (excluding diaryl/α,β-unsaturated/α-hetero) is 3. The van der Waals surface area contributed by atoms with Gasteiger partial charge in [-0.1, -0.05) is 130 Å². The van der Waals surface area contributed by atoms with Gasteiger partial charge < -0.3 is 44.1 Å². The number of methoxy groups -OCH3 is 1. The van der Waals surface area contributed by atoms with E-state index in [2.05, 4.69) is 6.92 Å². The van der Waals surface area contributed by atoms with Crippen molar-refractivity contribution in [2.75, 3.05) is 20.3 Å². The molecular formula is C50H82O15. The number of carbonyl (C=O) groups excluding carboxylic acids is 6. The summed E-state index contributed by atoms with van der Waals surface area (Å²) in [5.74, 6) is -10.8. The first-order valence-corrected chi connectivity index (χ1v) is 24.0. The molecule has 15 nitrogen and oxygen atoms in total. The summed E-state index contributed by atoms with van der Waals surface area (Å²) < 4.78 is 27.8. The minimum absolute atomic E-state index is 0.0420. The molecule has 0 aromatic heterocycles. The average molecular weight is 923 g/mol. The summed E-state index contributed by atoms with van der Waals surface area (Å²) in [4.78, 5) is 81.3. The van der Waals surface area contributed by atoms with Crippen LogP contribution in [0.25, 0.3) is 0 Å². The minimum atomic E-state index is -3.03. The number of hydrogen-bond donors (Lipinski definition) is 4. The van der Waals surface area contributed by atoms with E-state index in [9.17, 15) is 49.2 Å². The standard InChI is InChI=1S/C50H82O15/c1-11-13-14-15-16-17-18-19-20-21-22-23-24-26-40(54)63-30-50(60)39(53)28-38(52)32(4)27-33(5)43(64-36(8)51)34(6)41(55)35(7)44(61-10)42(56)48(59)62-29-37(46(50)58)45(57)49(9)47(65-49)31(3)25-12-2/h12,25,27,31-32,34-35,37,39,42-45,47,53,56-57,60H,11,13-24,26,28-30H2,1-10H3/b25-12-,33-27+/t31-,32-,34-,35+,37+,39-,42+,43-,44-,45-,47+,49+,50-/m0/s1. The molecule has 0 bridgehead atoms. The van der Waals surface area contributed by atoms with E-state index < -0.39 is 126 Å². The molecule has 2 aliphatic rings. The number of allylic oxidation sites excluding steroid dienone is 2. The lowest BCUT2D eigenvalue weighted by Gasteiger charge is -2.36. The Labute approximate surface area is 387 Å². The molecule has 372 valence electrons. The molecule has 65 heavy (non-hydrogen) atoms. The van der Waals surface area contributed by atoms with Crippen LogP contribution < -0.4 is 0 Å². The van der Waals surface area contributed by atoms with E-state index in [-0.39, 0.29) is 17.9 Å². The number of aliphatic hydroxyl groups excluding tert-OH is 3. The van der Waals surface area contributed by atoms with Crippen LogP contribution in [-0.2, 0) is 52.5 Å². The molecule has 13 atom stereocenters. The molecule has 0 aromatic rings. The molecule has 0 unspecified atom stereocenters. The zero-order valence-corrected chi connectivity index (χ0v) is 40.9. The molecule has 2 heterocycles. The quantitative estimate of drug-likeness (QED) is 0.0308. The largest absolute Gasteiger partial charge is 0.463 e. The summed E-state index contributed by atoms with van der Waals surface area (Å²) in [6, 6.07) is 0. The van der Waals surface area contributed by atoms with Crippen LogP contribution >= 0.6 is 0 Å². The van der Waals surface area contributed by atoms with E-state index in [1.54, 1.807) is 13.0 Å². The lowest BCUT2D eigenvalue weighted by molar-refractivity contribution is -0.181. The highest BCUT2D eigenvalue weighted by molar-refractivity contribution is 5.93. The minimum Gasteiger partial charge on any atom is -0.463 e. The van der Waals surface area contributed by atoms with E-state index >= 15 is 0 Å². The summed E-state index contributed by atoms with van der Waals surface area (Å²) >= 11 is 0. The zero-order chi connectivity index (χ0) is 49.1. The monoisotopic (exact) mass is 923 g/mol. The fourth-order valence-electron chi connectivity index (χ4n) is 9.04. The summed E-state index contributed by atoms with van der Waals surface area (Å²) in [5.41, 5.74) is -4.17. The zero-order valence-electron chi connectivity index (χ0n) is 40.9. The van der Waals surface area contributed by atoms with Gasteiger partial charge in [0.25, 0.3) is 0 Å². The van der Waals surface area contributed by atoms with Crippen LogP contribution in [-0.4, -0.2) is 124 Å². The van der Waals surface area contributed by atoms with Gasteiger partial charge in [0, 0.05) is 44.6 Å². The molecule has 0 spiro atoms. The lowest BCUT2D eigenvalue weighted by Crippen LogP contribution is -2.60. The predicted molar refractivity (Wildman–Crippen MR) is 243 cm³/mol. The third-order valence-corrected chi connectivity index (χ3v) is 13.3. The Morgan fingerprint density at radius 3 is 2.00 bits per heavy atom. The van der Waals surface area contributed by atoms with E-state index in [0.717, 1.165) is 32.6 Å². The topological polar surface area (TPSA) is 233 Å². The average Bonchev–Trinajstić information content (AvgIpc) is 3.97. The van der Waals surface area contributed by atoms with Gasteiger partial charge >= 0.3 is 17.9 Å². The maximum absolute atomic E-state index is 14.8. The summed E-state index contributed by atoms with van der Waals surface area (Å²) in [5, 5.41) is 47.2. The number of ketones is 3. The van der Waals surface area contributed by atoms with E-state index in [1.807, 2.05) is 13.0 Å². The third kappa shape index (κ3) is 17.0. The van der Waals surface area contributed by atoms with Crippen molar-refractivity contribution in [1.82, 2.24) is 0 Å². The number of rotatable bonds is 22. The van der Waals surface area contributed by atoms with Gasteiger partial charge in [0.1, 0.15) is 48.7 Å². The summed E-state index contributed by atoms with van der Waals surface area (Å²) in [6.07, 6.45) is 9.00. The smallest absolute Gasteiger partial charge is 0.337 e. The van der Waals surface area contributed by atoms with Crippen molar-refractivity contribution in [3.05, 3.63) is 23.8 Å². The first-order chi connectivity index (χ1) is 30.6. The number of carbonyl (C=O) groups is 6. The second kappa shape index (κ2) is 28.1. The second-order valence-corrected chi connectivity index (χ2v) is 18.8. The molecule has 4 N–H and O–H groups in total. The highest BCUT2D eigenvalue weighted by Gasteiger charge is 2.63. The van der Waals surface area contributed by atoms with Crippen LogP contribution in [0.2, 0.25) is 0 Å². The molecule has 1 saturated heterocycles. The van der Waals surface area contributed by atoms with Gasteiger partial charge in [-0.3, -0.25) is 24.0 Å². The molecule has 1 fully saturated rings. The Morgan fingerprint density at radius 1 is 0.923 bits per heavy atom. The van der Waals surface area contributed by atoms with E-state index in [4.69, 9.17) is 23.7 Å². The van der Waals surface area contributed by atoms with Gasteiger partial charge in [-0.15, -0.1) is 0 Å². The van der Waals surface area contributed by atoms with Crippen LogP contribution in [0.1, 0.15) is 159 Å². The molecule has 0 amide bonds. The van der Waals surface area contributed by atoms with Gasteiger partial charge in [-0.05, 0) is 32.8 Å². The Hall–Kier alpha value is -3.34. The first-order valence-electron chi connectivity index (χ1n) is 24.0. The van der Waals surface area contributed by atoms with E-state index in [0.29, 0.717) is 6.42 Å². The van der Waals surface area contributed by atoms with Crippen molar-refractivity contribution in [1.29, 1.82) is 0 Å². The summed E-state index contributed by atoms with van der Waals surface area (Å²) in [6.45, 7) is 12.3. The Balaban J connectivity index is 2.47. The molecule has 0 saturated carbocycles. The van der Waals surface area contributed by atoms with Crippen molar-refractivity contribution < 1.29 is 72.9 Å². The summed E-state index contributed by atoms with van der Waals surface area (Å²) in [7, 11) is 1.17. The molecule has 0 radical (unpaired) electrons. The van der Waals surface area contributed by atoms with Gasteiger partial charge in [-0.2, -0.15) is 0 Å². The number of esters is 3. The first kappa shape index (κ1) is 57.8. The number of epoxide rings is 1. The fourth-order valence-corrected chi connectivity index (χ4v) is 9.04. The number of hydrogen-bond acceptors (Lipinski definition) is 15. The van der Waals surface area contributed by atoms with Crippen molar-refractivity contribution in [2.24, 2.45) is 29.6 Å². The fraction of sp³-hybridized carbons (Fsp3) is 0.800. The highest BCUT2D eigenvalue weighted by Crippen LogP contribution is 2.47. The number of aliphatic hydroxyl groups is 4. The SMILES string of the molecule is C/C=C\[C@H](C)[C@H]1O[C@]1(C)[C@@H](O)[C@H]1COC(=O)[C@H](O)[C@@H](OC)[C@H](C)C(=O)[C@H](C)[C@@H](OC(C)=O)/C(C)=C/[C@H](C)C(=O)C[C@H](O)[C@@](O)(COC(=O)CCCCCCCCCCCCCCC)C1=O. The van der Waals surface area contributed by atoms with Crippen LogP contribution in [0.3, 0.4) is 0 Å². The normalized spacial score (nSPS) is 32.8. The van der Waals surface area contributed by atoms with Gasteiger partial charge in [0.2, 0.25) is 0 Å². The molecular weight excluding hydrogens is 841 g/mol. The van der Waals surface area contributed by atoms with Crippen molar-refractivity contribution in [3.63, 3.8) is 0 Å². The van der Waals surface area contributed by atoms with Crippen molar-refractivity contribution in [2.45, 2.75) is 206 Å². The Bertz CT molecular complexity index is 1610. The van der Waals surface area contributed by atoms with Crippen LogP contribution in [0.4, 0.5) is 0 Å². The molecule has 2 aliphatic heterocycles. The molecule has 15 heteroatoms. The van der Waals surface area contributed by atoms with Gasteiger partial charge in [0.15, 0.2) is 17.5 Å². The van der Waals surface area contributed by atoms with E-state index in [1.165, 1.54) is 99.2 Å². The Morgan fingerprint density at radius 2 is 1.48 bits per heavy atom. The van der Waals surface area contributed by atoms with Crippen LogP contribution in [0.15, 0.2) is 23.8 Å². The molecule has 0 aromatic carbocycles. The maximum Gasteiger partial charge on any atom is 0.337 e. The predicted octanol–water partition coefficient (Wildman–Crippen LogP) is 6.27. The number of cyclic esters (lactones) is 1. The van der Waals surface area contributed by atoms with Crippen LogP contribution in [0, 0.1) is 29.6 Å². The van der Waals surface area contributed by atoms with Gasteiger partial charge in [0.05, 0.1) is 24.0 Å². The Kier molecular flexibility index (Phi) is 25.0. The molecule has 0 aliphatic carbocycles. The second-order valence-electron chi connectivity index (χ2n) is 18.8. The highest BCUT2D eigenvalue weighted by atomic mass is 16.6. The molecule has 2 rings (SSSR count). The number of ether oxygens (including phenoxy) is 5. The van der Waals surface area contributed by atoms with Crippen molar-refractivity contribution >= 4 is 35.3 Å².